The number of aromatic nitrogens is 4. The van der Waals surface area contributed by atoms with Crippen LogP contribution in [-0.2, 0) is 29.0 Å². The Morgan fingerprint density at radius 1 is 1.15 bits per heavy atom. The first-order valence-corrected chi connectivity index (χ1v) is 12.5. The number of hydrogen-bond acceptors (Lipinski definition) is 7. The van der Waals surface area contributed by atoms with E-state index in [4.69, 9.17) is 4.74 Å². The second-order valence-corrected chi connectivity index (χ2v) is 9.52. The summed E-state index contributed by atoms with van der Waals surface area (Å²) in [6, 6.07) is 8.32. The summed E-state index contributed by atoms with van der Waals surface area (Å²) in [4.78, 5) is 24.2. The fourth-order valence-corrected chi connectivity index (χ4v) is 4.82. The van der Waals surface area contributed by atoms with Crippen LogP contribution in [0.5, 0.6) is 0 Å². The summed E-state index contributed by atoms with van der Waals surface area (Å²) in [5.74, 6) is 0.537. The zero-order valence-electron chi connectivity index (χ0n) is 20.0. The van der Waals surface area contributed by atoms with Crippen LogP contribution >= 0.6 is 11.8 Å². The summed E-state index contributed by atoms with van der Waals surface area (Å²) in [7, 11) is 0. The first-order valence-electron chi connectivity index (χ1n) is 11.3. The molecular formula is C24H32N6O2S. The van der Waals surface area contributed by atoms with E-state index >= 15 is 0 Å². The van der Waals surface area contributed by atoms with Gasteiger partial charge in [-0.2, -0.15) is 4.98 Å². The average Bonchev–Trinajstić information content (AvgIpc) is 3.18. The lowest BCUT2D eigenvalue weighted by molar-refractivity contribution is -0.120. The van der Waals surface area contributed by atoms with Gasteiger partial charge in [-0.25, -0.2) is 9.50 Å². The number of thioether (sulfide) groups is 1. The van der Waals surface area contributed by atoms with E-state index in [2.05, 4.69) is 57.3 Å². The van der Waals surface area contributed by atoms with E-state index in [1.165, 1.54) is 17.3 Å². The number of fused-ring (bicyclic) bond motifs is 1. The molecule has 0 radical (unpaired) electrons. The number of amides is 1. The van der Waals surface area contributed by atoms with Crippen molar-refractivity contribution in [2.45, 2.75) is 64.6 Å². The Labute approximate surface area is 199 Å². The summed E-state index contributed by atoms with van der Waals surface area (Å²) < 4.78 is 7.58. The molecule has 2 aromatic heterocycles. The minimum Gasteiger partial charge on any atom is -0.373 e. The highest BCUT2D eigenvalue weighted by atomic mass is 32.2. The van der Waals surface area contributed by atoms with Crippen molar-refractivity contribution in [3.8, 4) is 0 Å². The molecule has 0 spiro atoms. The van der Waals surface area contributed by atoms with E-state index in [9.17, 15) is 4.79 Å². The predicted molar refractivity (Wildman–Crippen MR) is 129 cm³/mol. The van der Waals surface area contributed by atoms with Crippen molar-refractivity contribution in [1.29, 1.82) is 0 Å². The van der Waals surface area contributed by atoms with Crippen LogP contribution in [-0.4, -0.2) is 61.9 Å². The molecule has 1 fully saturated rings. The highest BCUT2D eigenvalue weighted by Crippen LogP contribution is 2.19. The molecular weight excluding hydrogens is 436 g/mol. The summed E-state index contributed by atoms with van der Waals surface area (Å²) in [6.07, 6.45) is 2.66. The molecule has 33 heavy (non-hydrogen) atoms. The van der Waals surface area contributed by atoms with Crippen molar-refractivity contribution in [1.82, 2.24) is 29.8 Å². The lowest BCUT2D eigenvalue weighted by atomic mass is 10.1. The maximum atomic E-state index is 12.9. The molecule has 3 aromatic rings. The van der Waals surface area contributed by atoms with E-state index in [1.54, 1.807) is 4.52 Å². The molecule has 4 rings (SSSR count). The van der Waals surface area contributed by atoms with Crippen LogP contribution in [0.2, 0.25) is 0 Å². The number of carbonyl (C=O) groups excluding carboxylic acids is 1. The maximum Gasteiger partial charge on any atom is 0.253 e. The summed E-state index contributed by atoms with van der Waals surface area (Å²) in [5, 5.41) is 8.25. The Balaban J connectivity index is 1.43. The van der Waals surface area contributed by atoms with Crippen LogP contribution in [0.25, 0.3) is 5.78 Å². The quantitative estimate of drug-likeness (QED) is 0.534. The monoisotopic (exact) mass is 468 g/mol. The number of morpholine rings is 1. The van der Waals surface area contributed by atoms with Crippen molar-refractivity contribution < 1.29 is 9.53 Å². The summed E-state index contributed by atoms with van der Waals surface area (Å²) >= 11 is 1.48. The van der Waals surface area contributed by atoms with E-state index in [0.717, 1.165) is 42.1 Å². The molecule has 1 N–H and O–H groups in total. The first-order chi connectivity index (χ1) is 15.8. The second kappa shape index (κ2) is 10.2. The number of hydrogen-bond donors (Lipinski definition) is 1. The van der Waals surface area contributed by atoms with Crippen LogP contribution < -0.4 is 5.32 Å². The standard InChI is InChI=1S/C24H32N6O2S/c1-15-12-29(13-16(2)32-15)14-20-9-7-6-8-19(20)11-25-22(31)10-21-17(3)26-23-27-24(33-5)28-30(23)18(21)4/h6-9,15-16H,10-14H2,1-5H3,(H,25,31). The van der Waals surface area contributed by atoms with E-state index in [1.807, 2.05) is 26.2 Å². The zero-order chi connectivity index (χ0) is 23.5. The van der Waals surface area contributed by atoms with Gasteiger partial charge in [-0.05, 0) is 45.1 Å². The van der Waals surface area contributed by atoms with Gasteiger partial charge in [-0.1, -0.05) is 36.0 Å². The topological polar surface area (TPSA) is 84.7 Å². The van der Waals surface area contributed by atoms with Crippen molar-refractivity contribution >= 4 is 23.4 Å². The number of ether oxygens (including phenoxy) is 1. The van der Waals surface area contributed by atoms with Gasteiger partial charge >= 0.3 is 0 Å². The second-order valence-electron chi connectivity index (χ2n) is 8.75. The minimum absolute atomic E-state index is 0.0315. The number of nitrogens with one attached hydrogen (secondary N) is 1. The van der Waals surface area contributed by atoms with E-state index in [0.29, 0.717) is 17.5 Å². The smallest absolute Gasteiger partial charge is 0.253 e. The fourth-order valence-electron chi connectivity index (χ4n) is 4.49. The van der Waals surface area contributed by atoms with Crippen LogP contribution in [0.1, 0.15) is 41.9 Å². The average molecular weight is 469 g/mol. The van der Waals surface area contributed by atoms with Crippen molar-refractivity contribution in [3.05, 3.63) is 52.3 Å². The first kappa shape index (κ1) is 23.7. The van der Waals surface area contributed by atoms with Gasteiger partial charge in [0.2, 0.25) is 11.1 Å². The van der Waals surface area contributed by atoms with E-state index < -0.39 is 0 Å². The van der Waals surface area contributed by atoms with Crippen LogP contribution in [0.15, 0.2) is 29.4 Å². The summed E-state index contributed by atoms with van der Waals surface area (Å²) in [5.41, 5.74) is 4.98. The molecule has 2 unspecified atom stereocenters. The Morgan fingerprint density at radius 2 is 1.85 bits per heavy atom. The van der Waals surface area contributed by atoms with Crippen LogP contribution in [0.3, 0.4) is 0 Å². The summed E-state index contributed by atoms with van der Waals surface area (Å²) in [6.45, 7) is 11.3. The zero-order valence-corrected chi connectivity index (χ0v) is 20.8. The molecule has 1 aliphatic heterocycles. The molecule has 1 aromatic carbocycles. The van der Waals surface area contributed by atoms with Gasteiger partial charge in [0.15, 0.2) is 0 Å². The van der Waals surface area contributed by atoms with Gasteiger partial charge < -0.3 is 10.1 Å². The van der Waals surface area contributed by atoms with Crippen LogP contribution in [0, 0.1) is 13.8 Å². The molecule has 0 bridgehead atoms. The maximum absolute atomic E-state index is 12.9. The SMILES string of the molecule is CSc1nc2nc(C)c(CC(=O)NCc3ccccc3CN3CC(C)OC(C)C3)c(C)n2n1. The van der Waals surface area contributed by atoms with Gasteiger partial charge in [-0.3, -0.25) is 9.69 Å². The lowest BCUT2D eigenvalue weighted by Gasteiger charge is -2.35. The predicted octanol–water partition coefficient (Wildman–Crippen LogP) is 2.93. The van der Waals surface area contributed by atoms with Gasteiger partial charge in [0.1, 0.15) is 0 Å². The van der Waals surface area contributed by atoms with Crippen molar-refractivity contribution in [2.75, 3.05) is 19.3 Å². The molecule has 3 heterocycles. The number of rotatable bonds is 7. The minimum atomic E-state index is -0.0315. The molecule has 2 atom stereocenters. The third kappa shape index (κ3) is 5.54. The lowest BCUT2D eigenvalue weighted by Crippen LogP contribution is -2.45. The van der Waals surface area contributed by atoms with Gasteiger partial charge in [-0.15, -0.1) is 5.10 Å². The highest BCUT2D eigenvalue weighted by Gasteiger charge is 2.23. The molecule has 1 saturated heterocycles. The van der Waals surface area contributed by atoms with Crippen molar-refractivity contribution in [2.24, 2.45) is 0 Å². The molecule has 0 aliphatic carbocycles. The van der Waals surface area contributed by atoms with Crippen LogP contribution in [0.4, 0.5) is 0 Å². The number of nitrogens with zero attached hydrogens (tertiary/aromatic N) is 5. The molecule has 176 valence electrons. The number of benzene rings is 1. The van der Waals surface area contributed by atoms with Crippen molar-refractivity contribution in [3.63, 3.8) is 0 Å². The largest absolute Gasteiger partial charge is 0.373 e. The normalized spacial score (nSPS) is 19.2. The number of aryl methyl sites for hydroxylation is 2. The molecule has 8 nitrogen and oxygen atoms in total. The van der Waals surface area contributed by atoms with E-state index in [-0.39, 0.29) is 24.5 Å². The Kier molecular flexibility index (Phi) is 7.31. The van der Waals surface area contributed by atoms with Gasteiger partial charge in [0.05, 0.1) is 18.6 Å². The molecule has 0 saturated carbocycles. The highest BCUT2D eigenvalue weighted by molar-refractivity contribution is 7.98. The van der Waals surface area contributed by atoms with Gasteiger partial charge in [0, 0.05) is 43.1 Å². The molecule has 1 amide bonds. The fraction of sp³-hybridized carbons (Fsp3) is 0.500. The molecule has 9 heteroatoms. The van der Waals surface area contributed by atoms with Gasteiger partial charge in [0.25, 0.3) is 5.78 Å². The third-order valence-electron chi connectivity index (χ3n) is 6.03. The molecule has 1 aliphatic rings. The Hall–Kier alpha value is -2.49. The Bertz CT molecular complexity index is 1140. The third-order valence-corrected chi connectivity index (χ3v) is 6.57. The number of carbonyl (C=O) groups is 1. The Morgan fingerprint density at radius 3 is 2.55 bits per heavy atom.